The summed E-state index contributed by atoms with van der Waals surface area (Å²) in [6.07, 6.45) is 5.47. The van der Waals surface area contributed by atoms with Gasteiger partial charge >= 0.3 is 0 Å². The predicted octanol–water partition coefficient (Wildman–Crippen LogP) is 5.75. The molecule has 0 amide bonds. The van der Waals surface area contributed by atoms with Crippen molar-refractivity contribution < 1.29 is 0 Å². The van der Waals surface area contributed by atoms with Gasteiger partial charge in [-0.15, -0.1) is 12.6 Å². The Bertz CT molecular complexity index is 1190. The number of piperazine rings is 1. The first-order valence-corrected chi connectivity index (χ1v) is 12.9. The standard InChI is InChI=1S/C28H34N6S2/c1-5-6-28(23-9-12-25(29)27(35)18-23)36-19(2)17-26(30)21(4)32-24-10-7-22(8-11-24)20(3)33-34-15-13-31-14-16-34/h5-12,17-18,30-33,35H,1,3-4,13-16,29H2,2H3/b19-17-,28-6-,30-26?. The Kier molecular flexibility index (Phi) is 10.1. The predicted molar refractivity (Wildman–Crippen MR) is 161 cm³/mol. The maximum Gasteiger partial charge on any atom is 0.0776 e. The van der Waals surface area contributed by atoms with E-state index in [1.165, 1.54) is 0 Å². The van der Waals surface area contributed by atoms with Crippen LogP contribution < -0.4 is 21.8 Å². The highest BCUT2D eigenvalue weighted by Crippen LogP contribution is 2.35. The number of nitrogens with two attached hydrogens (primary N) is 1. The molecular weight excluding hydrogens is 484 g/mol. The van der Waals surface area contributed by atoms with Crippen molar-refractivity contribution in [1.82, 2.24) is 15.8 Å². The maximum absolute atomic E-state index is 8.49. The molecule has 1 fully saturated rings. The minimum absolute atomic E-state index is 0.305. The fourth-order valence-electron chi connectivity index (χ4n) is 3.51. The van der Waals surface area contributed by atoms with Crippen LogP contribution in [0.1, 0.15) is 18.1 Å². The van der Waals surface area contributed by atoms with Crippen molar-refractivity contribution in [3.63, 3.8) is 0 Å². The van der Waals surface area contributed by atoms with Crippen LogP contribution in [0.25, 0.3) is 10.6 Å². The molecule has 1 aliphatic heterocycles. The molecular formula is C28H34N6S2. The Morgan fingerprint density at radius 1 is 1.14 bits per heavy atom. The van der Waals surface area contributed by atoms with Gasteiger partial charge in [0, 0.05) is 53.1 Å². The minimum Gasteiger partial charge on any atom is -0.398 e. The van der Waals surface area contributed by atoms with Crippen molar-refractivity contribution in [2.75, 3.05) is 37.2 Å². The van der Waals surface area contributed by atoms with E-state index in [2.05, 4.69) is 53.4 Å². The minimum atomic E-state index is 0.305. The van der Waals surface area contributed by atoms with Gasteiger partial charge in [0.2, 0.25) is 0 Å². The highest BCUT2D eigenvalue weighted by Gasteiger charge is 2.11. The summed E-state index contributed by atoms with van der Waals surface area (Å²) in [5.41, 5.74) is 14.4. The molecule has 0 aliphatic carbocycles. The Balaban J connectivity index is 1.58. The number of nitrogens with one attached hydrogen (secondary N) is 4. The molecule has 6 N–H and O–H groups in total. The summed E-state index contributed by atoms with van der Waals surface area (Å²) in [6.45, 7) is 17.8. The maximum atomic E-state index is 8.49. The fraction of sp³-hybridized carbons (Fsp3) is 0.179. The van der Waals surface area contributed by atoms with Crippen LogP contribution in [-0.4, -0.2) is 36.9 Å². The van der Waals surface area contributed by atoms with Crippen molar-refractivity contribution in [2.45, 2.75) is 11.8 Å². The highest BCUT2D eigenvalue weighted by atomic mass is 32.2. The number of hydrogen-bond donors (Lipinski definition) is 6. The van der Waals surface area contributed by atoms with Gasteiger partial charge in [-0.1, -0.05) is 55.8 Å². The number of hydrogen-bond acceptors (Lipinski definition) is 8. The van der Waals surface area contributed by atoms with E-state index in [1.807, 2.05) is 55.5 Å². The number of thiol groups is 1. The lowest BCUT2D eigenvalue weighted by molar-refractivity contribution is 0.200. The Morgan fingerprint density at radius 3 is 2.44 bits per heavy atom. The van der Waals surface area contributed by atoms with Crippen molar-refractivity contribution in [1.29, 1.82) is 5.41 Å². The van der Waals surface area contributed by atoms with Crippen molar-refractivity contribution in [3.05, 3.63) is 102 Å². The Labute approximate surface area is 224 Å². The van der Waals surface area contributed by atoms with E-state index in [1.54, 1.807) is 23.9 Å². The molecule has 0 saturated carbocycles. The summed E-state index contributed by atoms with van der Waals surface area (Å²) in [7, 11) is 0. The van der Waals surface area contributed by atoms with Gasteiger partial charge in [0.25, 0.3) is 0 Å². The third-order valence-electron chi connectivity index (χ3n) is 5.47. The number of hydrazine groups is 1. The van der Waals surface area contributed by atoms with Crippen LogP contribution in [0, 0.1) is 5.41 Å². The second-order valence-electron chi connectivity index (χ2n) is 8.32. The van der Waals surface area contributed by atoms with Crippen LogP contribution in [-0.2, 0) is 0 Å². The molecule has 2 aromatic rings. The Hall–Kier alpha value is -3.17. The lowest BCUT2D eigenvalue weighted by atomic mass is 10.1. The number of anilines is 2. The average molecular weight is 519 g/mol. The van der Waals surface area contributed by atoms with Gasteiger partial charge in [-0.3, -0.25) is 5.41 Å². The van der Waals surface area contributed by atoms with E-state index in [0.717, 1.165) is 63.4 Å². The Morgan fingerprint density at radius 2 is 1.81 bits per heavy atom. The SMILES string of the molecule is C=C/C=C(\S/C(C)=C\C(=N)C(=C)Nc1ccc(C(=C)NN2CCNCC2)cc1)c1ccc(N)c(S)c1. The number of rotatable bonds is 11. The summed E-state index contributed by atoms with van der Waals surface area (Å²) in [4.78, 5) is 2.66. The monoisotopic (exact) mass is 518 g/mol. The van der Waals surface area contributed by atoms with E-state index in [0.29, 0.717) is 17.1 Å². The van der Waals surface area contributed by atoms with Crippen LogP contribution >= 0.6 is 24.4 Å². The van der Waals surface area contributed by atoms with Crippen molar-refractivity contribution >= 4 is 52.1 Å². The van der Waals surface area contributed by atoms with Crippen molar-refractivity contribution in [2.24, 2.45) is 0 Å². The molecule has 1 saturated heterocycles. The normalized spacial score (nSPS) is 14.7. The average Bonchev–Trinajstić information content (AvgIpc) is 2.86. The third-order valence-corrected chi connectivity index (χ3v) is 6.89. The molecule has 0 bridgehead atoms. The zero-order valence-electron chi connectivity index (χ0n) is 20.6. The first-order valence-electron chi connectivity index (χ1n) is 11.6. The number of nitrogen functional groups attached to an aromatic ring is 1. The molecule has 2 aromatic carbocycles. The quantitative estimate of drug-likeness (QED) is 0.0983. The van der Waals surface area contributed by atoms with Gasteiger partial charge in [-0.25, -0.2) is 5.01 Å². The zero-order chi connectivity index (χ0) is 26.1. The number of benzene rings is 2. The van der Waals surface area contributed by atoms with Crippen LogP contribution in [0.3, 0.4) is 0 Å². The van der Waals surface area contributed by atoms with Gasteiger partial charge in [0.15, 0.2) is 0 Å². The van der Waals surface area contributed by atoms with Gasteiger partial charge in [0.1, 0.15) is 0 Å². The summed E-state index contributed by atoms with van der Waals surface area (Å²) in [5.74, 6) is 0. The fourth-order valence-corrected chi connectivity index (χ4v) is 4.66. The number of nitrogens with zero attached hydrogens (tertiary/aromatic N) is 1. The third kappa shape index (κ3) is 7.93. The smallest absolute Gasteiger partial charge is 0.0776 e. The first-order chi connectivity index (χ1) is 17.3. The van der Waals surface area contributed by atoms with Gasteiger partial charge < -0.3 is 21.8 Å². The van der Waals surface area contributed by atoms with E-state index < -0.39 is 0 Å². The van der Waals surface area contributed by atoms with Gasteiger partial charge in [-0.05, 0) is 59.4 Å². The zero-order valence-corrected chi connectivity index (χ0v) is 22.3. The molecule has 36 heavy (non-hydrogen) atoms. The second kappa shape index (κ2) is 13.2. The molecule has 6 nitrogen and oxygen atoms in total. The molecule has 0 aromatic heterocycles. The number of thioether (sulfide) groups is 1. The topological polar surface area (TPSA) is 89.2 Å². The lowest BCUT2D eigenvalue weighted by Crippen LogP contribution is -2.49. The van der Waals surface area contributed by atoms with E-state index >= 15 is 0 Å². The van der Waals surface area contributed by atoms with Gasteiger partial charge in [0.05, 0.1) is 11.4 Å². The molecule has 188 valence electrons. The largest absolute Gasteiger partial charge is 0.398 e. The summed E-state index contributed by atoms with van der Waals surface area (Å²) < 4.78 is 0. The molecule has 0 unspecified atom stereocenters. The molecule has 8 heteroatoms. The second-order valence-corrected chi connectivity index (χ2v) is 10.1. The van der Waals surface area contributed by atoms with Crippen LogP contribution in [0.5, 0.6) is 0 Å². The van der Waals surface area contributed by atoms with Gasteiger partial charge in [-0.2, -0.15) is 0 Å². The molecule has 1 aliphatic rings. The summed E-state index contributed by atoms with van der Waals surface area (Å²) in [5, 5.41) is 17.2. The highest BCUT2D eigenvalue weighted by molar-refractivity contribution is 8.11. The molecule has 0 radical (unpaired) electrons. The van der Waals surface area contributed by atoms with Crippen LogP contribution in [0.2, 0.25) is 0 Å². The van der Waals surface area contributed by atoms with E-state index in [4.69, 9.17) is 11.1 Å². The summed E-state index contributed by atoms with van der Waals surface area (Å²) >= 11 is 5.98. The number of allylic oxidation sites excluding steroid dienone is 4. The van der Waals surface area contributed by atoms with Crippen LogP contribution in [0.4, 0.5) is 11.4 Å². The van der Waals surface area contributed by atoms with Crippen molar-refractivity contribution in [3.8, 4) is 0 Å². The molecule has 0 atom stereocenters. The lowest BCUT2D eigenvalue weighted by Gasteiger charge is -2.29. The first kappa shape index (κ1) is 27.4. The van der Waals surface area contributed by atoms with E-state index in [-0.39, 0.29) is 0 Å². The molecule has 3 rings (SSSR count). The molecule has 1 heterocycles. The molecule has 0 spiro atoms. The van der Waals surface area contributed by atoms with E-state index in [9.17, 15) is 0 Å². The summed E-state index contributed by atoms with van der Waals surface area (Å²) in [6, 6.07) is 13.6. The van der Waals surface area contributed by atoms with Crippen LogP contribution in [0.15, 0.2) is 95.9 Å².